The molecule has 48 heavy (non-hydrogen) atoms. The van der Waals surface area contributed by atoms with Gasteiger partial charge in [-0.2, -0.15) is 0 Å². The van der Waals surface area contributed by atoms with Crippen molar-refractivity contribution in [1.82, 2.24) is 0 Å². The monoisotopic (exact) mass is 664 g/mol. The molecule has 0 spiro atoms. The lowest BCUT2D eigenvalue weighted by Gasteiger charge is -2.32. The molecule has 5 N–H and O–H groups in total. The molecular formula is C38H48O10. The second-order valence-electron chi connectivity index (χ2n) is 14.2. The number of rotatable bonds is 12. The second-order valence-corrected chi connectivity index (χ2v) is 14.2. The summed E-state index contributed by atoms with van der Waals surface area (Å²) in [6.45, 7) is 14.4. The molecule has 0 bridgehead atoms. The highest BCUT2D eigenvalue weighted by Gasteiger charge is 2.51. The van der Waals surface area contributed by atoms with Crippen LogP contribution in [0.15, 0.2) is 41.0 Å². The van der Waals surface area contributed by atoms with Gasteiger partial charge in [0.25, 0.3) is 0 Å². The number of carbonyl (C=O) groups excluding carboxylic acids is 2. The summed E-state index contributed by atoms with van der Waals surface area (Å²) in [5.74, 6) is -4.92. The number of ketones is 2. The van der Waals surface area contributed by atoms with Crippen LogP contribution in [0.5, 0.6) is 17.2 Å². The molecule has 2 aromatic rings. The van der Waals surface area contributed by atoms with Crippen molar-refractivity contribution in [2.75, 3.05) is 0 Å². The van der Waals surface area contributed by atoms with E-state index in [0.29, 0.717) is 49.7 Å². The molecule has 2 atom stereocenters. The van der Waals surface area contributed by atoms with Gasteiger partial charge in [0.2, 0.25) is 11.6 Å². The van der Waals surface area contributed by atoms with Gasteiger partial charge in [-0.1, -0.05) is 29.4 Å². The topological polar surface area (TPSA) is 171 Å². The number of ether oxygens (including phenoxy) is 2. The van der Waals surface area contributed by atoms with Crippen LogP contribution >= 0.6 is 0 Å². The summed E-state index contributed by atoms with van der Waals surface area (Å²) in [5.41, 5.74) is -0.960. The summed E-state index contributed by atoms with van der Waals surface area (Å²) >= 11 is 0. The SMILES string of the molecule is C/C(=C\CC/C(C)=C/C[C@]1(O)C(=O)c2c(O)cc(C)c3c(O)c(C)c(O)c(c23)C1=O)CC/C=C(\CCC1OC(C)(C)OC1(C)C)C(=O)O. The van der Waals surface area contributed by atoms with Crippen molar-refractivity contribution in [3.05, 3.63) is 63.3 Å². The zero-order valence-corrected chi connectivity index (χ0v) is 29.1. The normalized spacial score (nSPS) is 22.5. The number of allylic oxidation sites excluding steroid dienone is 4. The van der Waals surface area contributed by atoms with Crippen LogP contribution in [0.2, 0.25) is 0 Å². The lowest BCUT2D eigenvalue weighted by molar-refractivity contribution is -0.157. The first kappa shape index (κ1) is 36.8. The number of hydrogen-bond donors (Lipinski definition) is 5. The Morgan fingerprint density at radius 3 is 2.02 bits per heavy atom. The number of carbonyl (C=O) groups is 3. The van der Waals surface area contributed by atoms with E-state index in [9.17, 15) is 39.9 Å². The van der Waals surface area contributed by atoms with E-state index in [1.807, 2.05) is 41.5 Å². The smallest absolute Gasteiger partial charge is 0.331 e. The number of carboxylic acids is 1. The van der Waals surface area contributed by atoms with Crippen molar-refractivity contribution < 1.29 is 49.4 Å². The van der Waals surface area contributed by atoms with E-state index >= 15 is 0 Å². The van der Waals surface area contributed by atoms with Crippen LogP contribution in [-0.4, -0.2) is 66.2 Å². The highest BCUT2D eigenvalue weighted by atomic mass is 16.8. The Balaban J connectivity index is 1.38. The molecule has 1 unspecified atom stereocenters. The highest BCUT2D eigenvalue weighted by Crippen LogP contribution is 2.49. The third-order valence-corrected chi connectivity index (χ3v) is 9.51. The Bertz CT molecular complexity index is 1760. The molecule has 0 aromatic heterocycles. The number of aromatic hydroxyl groups is 3. The van der Waals surface area contributed by atoms with Crippen LogP contribution in [0, 0.1) is 13.8 Å². The first-order chi connectivity index (χ1) is 22.2. The van der Waals surface area contributed by atoms with Crippen molar-refractivity contribution in [2.24, 2.45) is 0 Å². The van der Waals surface area contributed by atoms with E-state index in [1.54, 1.807) is 19.1 Å². The van der Waals surface area contributed by atoms with Crippen molar-refractivity contribution in [2.45, 2.75) is 123 Å². The Kier molecular flexibility index (Phi) is 10.4. The van der Waals surface area contributed by atoms with Gasteiger partial charge in [-0.25, -0.2) is 4.79 Å². The van der Waals surface area contributed by atoms with Gasteiger partial charge in [-0.05, 0) is 106 Å². The van der Waals surface area contributed by atoms with Crippen molar-refractivity contribution in [1.29, 1.82) is 0 Å². The first-order valence-electron chi connectivity index (χ1n) is 16.4. The average Bonchev–Trinajstić information content (AvgIpc) is 3.20. The molecular weight excluding hydrogens is 616 g/mol. The van der Waals surface area contributed by atoms with Crippen LogP contribution in [0.1, 0.15) is 118 Å². The van der Waals surface area contributed by atoms with Crippen molar-refractivity contribution in [3.63, 3.8) is 0 Å². The van der Waals surface area contributed by atoms with Gasteiger partial charge >= 0.3 is 5.97 Å². The first-order valence-corrected chi connectivity index (χ1v) is 16.4. The van der Waals surface area contributed by atoms with Crippen LogP contribution in [0.25, 0.3) is 10.8 Å². The van der Waals surface area contributed by atoms with Crippen LogP contribution < -0.4 is 0 Å². The van der Waals surface area contributed by atoms with Crippen LogP contribution in [0.3, 0.4) is 0 Å². The molecule has 1 fully saturated rings. The molecule has 0 radical (unpaired) electrons. The molecule has 4 rings (SSSR count). The summed E-state index contributed by atoms with van der Waals surface area (Å²) < 4.78 is 11.9. The fraction of sp³-hybridized carbons (Fsp3) is 0.500. The van der Waals surface area contributed by atoms with Crippen LogP contribution in [0.4, 0.5) is 0 Å². The maximum Gasteiger partial charge on any atom is 0.331 e. The zero-order valence-electron chi connectivity index (χ0n) is 29.1. The summed E-state index contributed by atoms with van der Waals surface area (Å²) in [4.78, 5) is 39.1. The molecule has 0 amide bonds. The Morgan fingerprint density at radius 1 is 0.854 bits per heavy atom. The number of Topliss-reactive ketones (excluding diaryl/α,β-unsaturated/α-hetero) is 2. The maximum absolute atomic E-state index is 13.6. The van der Waals surface area contributed by atoms with Gasteiger partial charge in [0.05, 0.1) is 22.8 Å². The van der Waals surface area contributed by atoms with Crippen molar-refractivity contribution >= 4 is 28.3 Å². The van der Waals surface area contributed by atoms with Gasteiger partial charge in [0.15, 0.2) is 11.4 Å². The molecule has 10 heteroatoms. The minimum absolute atomic E-state index is 0.0350. The van der Waals surface area contributed by atoms with E-state index in [1.165, 1.54) is 13.0 Å². The molecule has 2 aliphatic rings. The van der Waals surface area contributed by atoms with E-state index in [4.69, 9.17) is 9.47 Å². The molecule has 2 aromatic carbocycles. The molecule has 1 aliphatic heterocycles. The largest absolute Gasteiger partial charge is 0.507 e. The molecule has 1 saturated heterocycles. The summed E-state index contributed by atoms with van der Waals surface area (Å²) in [6.07, 6.45) is 8.23. The van der Waals surface area contributed by atoms with Gasteiger partial charge in [0.1, 0.15) is 17.2 Å². The lowest BCUT2D eigenvalue weighted by atomic mass is 9.73. The number of phenolic OH excluding ortho intramolecular Hbond substituents is 3. The fourth-order valence-corrected chi connectivity index (χ4v) is 6.86. The Labute approximate surface area is 281 Å². The van der Waals surface area contributed by atoms with Gasteiger partial charge in [0, 0.05) is 28.3 Å². The molecule has 1 aliphatic carbocycles. The minimum atomic E-state index is -2.54. The van der Waals surface area contributed by atoms with Crippen molar-refractivity contribution in [3.8, 4) is 17.2 Å². The second kappa shape index (κ2) is 13.5. The number of carboxylic acid groups (broad SMARTS) is 1. The van der Waals surface area contributed by atoms with E-state index in [0.717, 1.165) is 11.1 Å². The highest BCUT2D eigenvalue weighted by molar-refractivity contribution is 6.36. The van der Waals surface area contributed by atoms with E-state index in [-0.39, 0.29) is 45.7 Å². The molecule has 260 valence electrons. The number of aliphatic carboxylic acids is 1. The number of aliphatic hydroxyl groups is 1. The summed E-state index contributed by atoms with van der Waals surface area (Å²) in [6, 6.07) is 1.29. The Hall–Kier alpha value is -3.99. The summed E-state index contributed by atoms with van der Waals surface area (Å²) in [5, 5.41) is 53.5. The van der Waals surface area contributed by atoms with Gasteiger partial charge < -0.3 is 35.0 Å². The third kappa shape index (κ3) is 7.06. The average molecular weight is 665 g/mol. The predicted octanol–water partition coefficient (Wildman–Crippen LogP) is 7.25. The quantitative estimate of drug-likeness (QED) is 0.0884. The fourth-order valence-electron chi connectivity index (χ4n) is 6.86. The molecule has 10 nitrogen and oxygen atoms in total. The van der Waals surface area contributed by atoms with E-state index < -0.39 is 46.0 Å². The molecule has 1 heterocycles. The number of phenols is 3. The summed E-state index contributed by atoms with van der Waals surface area (Å²) in [7, 11) is 0. The van der Waals surface area contributed by atoms with Gasteiger partial charge in [-0.15, -0.1) is 0 Å². The zero-order chi connectivity index (χ0) is 35.9. The Morgan fingerprint density at radius 2 is 1.44 bits per heavy atom. The minimum Gasteiger partial charge on any atom is -0.507 e. The number of hydrogen-bond acceptors (Lipinski definition) is 9. The standard InChI is InChI=1S/C38H48O10/c1-20(13-10-14-24(35(44)45)15-16-26-36(5,6)48-37(7,8)47-26)11-9-12-21(2)17-18-38(46)33(42)28-25(39)19-22(3)27-29(28)30(34(38)43)32(41)23(4)31(27)40/h11,14,17,19,26,39-41,46H,9-10,12-13,15-16,18H2,1-8H3,(H,44,45)/b20-11+,21-17+,24-14+/t26?,38-/m0/s1. The van der Waals surface area contributed by atoms with E-state index in [2.05, 4.69) is 6.08 Å². The number of benzene rings is 2. The maximum atomic E-state index is 13.6. The third-order valence-electron chi connectivity index (χ3n) is 9.51. The van der Waals surface area contributed by atoms with Gasteiger partial charge in [-0.3, -0.25) is 9.59 Å². The predicted molar refractivity (Wildman–Crippen MR) is 182 cm³/mol. The molecule has 0 saturated carbocycles. The number of aryl methyl sites for hydroxylation is 1. The van der Waals surface area contributed by atoms with Crippen LogP contribution in [-0.2, 0) is 14.3 Å². The lowest BCUT2D eigenvalue weighted by Crippen LogP contribution is -2.49.